The zero-order chi connectivity index (χ0) is 12.6. The van der Waals surface area contributed by atoms with Crippen LogP contribution >= 0.6 is 0 Å². The number of anilines is 1. The maximum Gasteiger partial charge on any atom is 0.170 e. The van der Waals surface area contributed by atoms with Crippen LogP contribution in [-0.4, -0.2) is 26.0 Å². The van der Waals surface area contributed by atoms with Crippen LogP contribution in [-0.2, 0) is 0 Å². The molecule has 17 heavy (non-hydrogen) atoms. The average Bonchev–Trinajstić information content (AvgIpc) is 2.28. The third-order valence-electron chi connectivity index (χ3n) is 3.19. The summed E-state index contributed by atoms with van der Waals surface area (Å²) in [6, 6.07) is 5.79. The topological polar surface area (TPSA) is 29.5 Å². The minimum absolute atomic E-state index is 0.0141. The molecule has 1 atom stereocenters. The van der Waals surface area contributed by atoms with Crippen molar-refractivity contribution in [3.8, 4) is 5.75 Å². The zero-order valence-electron chi connectivity index (χ0n) is 10.9. The van der Waals surface area contributed by atoms with Gasteiger partial charge in [0.25, 0.3) is 0 Å². The number of hydrogen-bond donors (Lipinski definition) is 0. The summed E-state index contributed by atoms with van der Waals surface area (Å²) in [5.41, 5.74) is 1.75. The number of carbonyl (C=O) groups excluding carboxylic acids is 1. The van der Waals surface area contributed by atoms with E-state index in [1.807, 2.05) is 37.2 Å². The van der Waals surface area contributed by atoms with E-state index in [9.17, 15) is 4.79 Å². The second-order valence-electron chi connectivity index (χ2n) is 5.10. The van der Waals surface area contributed by atoms with Crippen molar-refractivity contribution in [1.82, 2.24) is 0 Å². The molecule has 2 rings (SSSR count). The van der Waals surface area contributed by atoms with E-state index in [2.05, 4.69) is 13.8 Å². The van der Waals surface area contributed by atoms with Gasteiger partial charge in [-0.2, -0.15) is 0 Å². The molecule has 0 fully saturated rings. The molecule has 1 heterocycles. The van der Waals surface area contributed by atoms with Gasteiger partial charge in [0, 0.05) is 26.2 Å². The Hall–Kier alpha value is -1.51. The summed E-state index contributed by atoms with van der Waals surface area (Å²) in [5, 5.41) is 0. The van der Waals surface area contributed by atoms with Crippen LogP contribution in [0.25, 0.3) is 0 Å². The Morgan fingerprint density at radius 3 is 2.65 bits per heavy atom. The Morgan fingerprint density at radius 1 is 1.35 bits per heavy atom. The average molecular weight is 233 g/mol. The van der Waals surface area contributed by atoms with E-state index in [0.29, 0.717) is 17.9 Å². The number of carbonyl (C=O) groups is 1. The highest BCUT2D eigenvalue weighted by molar-refractivity contribution is 6.00. The smallest absolute Gasteiger partial charge is 0.170 e. The molecule has 0 saturated heterocycles. The van der Waals surface area contributed by atoms with Crippen LogP contribution < -0.4 is 9.64 Å². The second kappa shape index (κ2) is 4.40. The summed E-state index contributed by atoms with van der Waals surface area (Å²) >= 11 is 0. The molecule has 0 bridgehead atoms. The molecule has 0 saturated carbocycles. The van der Waals surface area contributed by atoms with E-state index >= 15 is 0 Å². The number of ketones is 1. The van der Waals surface area contributed by atoms with Gasteiger partial charge in [-0.1, -0.05) is 13.8 Å². The first-order valence-corrected chi connectivity index (χ1v) is 6.00. The third-order valence-corrected chi connectivity index (χ3v) is 3.19. The summed E-state index contributed by atoms with van der Waals surface area (Å²) in [6.07, 6.45) is 0.502. The lowest BCUT2D eigenvalue weighted by Crippen LogP contribution is -2.31. The quantitative estimate of drug-likeness (QED) is 0.786. The lowest BCUT2D eigenvalue weighted by Gasteiger charge is -2.28. The minimum atomic E-state index is 0.0141. The van der Waals surface area contributed by atoms with Gasteiger partial charge >= 0.3 is 0 Å². The van der Waals surface area contributed by atoms with Gasteiger partial charge in [0.1, 0.15) is 11.9 Å². The number of fused-ring (bicyclic) bond motifs is 1. The van der Waals surface area contributed by atoms with Crippen LogP contribution in [0.1, 0.15) is 30.6 Å². The van der Waals surface area contributed by atoms with Gasteiger partial charge in [-0.05, 0) is 24.1 Å². The lowest BCUT2D eigenvalue weighted by atomic mass is 9.94. The highest BCUT2D eigenvalue weighted by atomic mass is 16.5. The highest BCUT2D eigenvalue weighted by Gasteiger charge is 2.28. The van der Waals surface area contributed by atoms with Crippen molar-refractivity contribution in [3.05, 3.63) is 23.8 Å². The maximum atomic E-state index is 12.1. The van der Waals surface area contributed by atoms with E-state index in [1.165, 1.54) is 0 Å². The fourth-order valence-electron chi connectivity index (χ4n) is 1.99. The van der Waals surface area contributed by atoms with E-state index in [-0.39, 0.29) is 11.9 Å². The Balaban J connectivity index is 2.35. The van der Waals surface area contributed by atoms with Crippen LogP contribution in [0, 0.1) is 5.92 Å². The van der Waals surface area contributed by atoms with E-state index < -0.39 is 0 Å². The van der Waals surface area contributed by atoms with Crippen LogP contribution in [0.5, 0.6) is 5.75 Å². The predicted octanol–water partition coefficient (Wildman–Crippen LogP) is 2.74. The number of Topliss-reactive ketones (excluding diaryl/α,β-unsaturated/α-hetero) is 1. The molecule has 1 unspecified atom stereocenters. The van der Waals surface area contributed by atoms with Crippen LogP contribution in [0.3, 0.4) is 0 Å². The van der Waals surface area contributed by atoms with E-state index in [0.717, 1.165) is 11.4 Å². The standard InChI is InChI=1S/C14H19NO2/c1-9(2)14-8-12(16)11-7-10(15(3)4)5-6-13(11)17-14/h5-7,9,14H,8H2,1-4H3. The van der Waals surface area contributed by atoms with Gasteiger partial charge in [0.05, 0.1) is 5.56 Å². The maximum absolute atomic E-state index is 12.1. The van der Waals surface area contributed by atoms with Crippen molar-refractivity contribution in [3.63, 3.8) is 0 Å². The lowest BCUT2D eigenvalue weighted by molar-refractivity contribution is 0.0772. The Morgan fingerprint density at radius 2 is 2.06 bits per heavy atom. The molecule has 0 aromatic heterocycles. The second-order valence-corrected chi connectivity index (χ2v) is 5.10. The first kappa shape index (κ1) is 12.0. The summed E-state index contributed by atoms with van der Waals surface area (Å²) in [4.78, 5) is 14.1. The molecule has 0 N–H and O–H groups in total. The van der Waals surface area contributed by atoms with Crippen molar-refractivity contribution < 1.29 is 9.53 Å². The highest BCUT2D eigenvalue weighted by Crippen LogP contribution is 2.32. The van der Waals surface area contributed by atoms with Crippen molar-refractivity contribution >= 4 is 11.5 Å². The van der Waals surface area contributed by atoms with Crippen LogP contribution in [0.4, 0.5) is 5.69 Å². The van der Waals surface area contributed by atoms with Crippen molar-refractivity contribution in [2.24, 2.45) is 5.92 Å². The SMILES string of the molecule is CC(C)C1CC(=O)c2cc(N(C)C)ccc2O1. The third kappa shape index (κ3) is 2.28. The number of rotatable bonds is 2. The van der Waals surface area contributed by atoms with Gasteiger partial charge in [0.2, 0.25) is 0 Å². The first-order chi connectivity index (χ1) is 7.99. The normalized spacial score (nSPS) is 18.9. The summed E-state index contributed by atoms with van der Waals surface area (Å²) < 4.78 is 5.86. The molecule has 3 nitrogen and oxygen atoms in total. The molecule has 0 radical (unpaired) electrons. The summed E-state index contributed by atoms with van der Waals surface area (Å²) in [6.45, 7) is 4.16. The fraction of sp³-hybridized carbons (Fsp3) is 0.500. The zero-order valence-corrected chi connectivity index (χ0v) is 10.9. The van der Waals surface area contributed by atoms with Crippen molar-refractivity contribution in [2.75, 3.05) is 19.0 Å². The number of ether oxygens (including phenoxy) is 1. The number of hydrogen-bond acceptors (Lipinski definition) is 3. The van der Waals surface area contributed by atoms with Gasteiger partial charge in [-0.3, -0.25) is 4.79 Å². The minimum Gasteiger partial charge on any atom is -0.489 e. The molecule has 0 amide bonds. The molecule has 1 aromatic carbocycles. The summed E-state index contributed by atoms with van der Waals surface area (Å²) in [7, 11) is 3.93. The summed E-state index contributed by atoms with van der Waals surface area (Å²) in [5.74, 6) is 1.28. The molecule has 1 aromatic rings. The predicted molar refractivity (Wildman–Crippen MR) is 69.0 cm³/mol. The molecule has 3 heteroatoms. The molecule has 92 valence electrons. The van der Waals surface area contributed by atoms with E-state index in [4.69, 9.17) is 4.74 Å². The fourth-order valence-corrected chi connectivity index (χ4v) is 1.99. The Kier molecular flexibility index (Phi) is 3.09. The first-order valence-electron chi connectivity index (χ1n) is 6.00. The van der Waals surface area contributed by atoms with Gasteiger partial charge in [-0.25, -0.2) is 0 Å². The largest absolute Gasteiger partial charge is 0.489 e. The molecule has 1 aliphatic rings. The molecular weight excluding hydrogens is 214 g/mol. The van der Waals surface area contributed by atoms with Crippen LogP contribution in [0.15, 0.2) is 18.2 Å². The van der Waals surface area contributed by atoms with Gasteiger partial charge in [0.15, 0.2) is 5.78 Å². The molecular formula is C14H19NO2. The van der Waals surface area contributed by atoms with Crippen molar-refractivity contribution in [2.45, 2.75) is 26.4 Å². The van der Waals surface area contributed by atoms with Crippen LogP contribution in [0.2, 0.25) is 0 Å². The van der Waals surface area contributed by atoms with E-state index in [1.54, 1.807) is 0 Å². The molecule has 0 aliphatic carbocycles. The molecule has 1 aliphatic heterocycles. The monoisotopic (exact) mass is 233 g/mol. The molecule has 0 spiro atoms. The Labute approximate surface area is 102 Å². The number of benzene rings is 1. The number of nitrogens with zero attached hydrogens (tertiary/aromatic N) is 1. The van der Waals surface area contributed by atoms with Crippen molar-refractivity contribution in [1.29, 1.82) is 0 Å². The Bertz CT molecular complexity index is 438. The van der Waals surface area contributed by atoms with Gasteiger partial charge in [-0.15, -0.1) is 0 Å². The van der Waals surface area contributed by atoms with Gasteiger partial charge < -0.3 is 9.64 Å².